The quantitative estimate of drug-likeness (QED) is 0.0794. The Bertz CT molecular complexity index is 1470. The van der Waals surface area contributed by atoms with Gasteiger partial charge in [0.25, 0.3) is 5.91 Å². The van der Waals surface area contributed by atoms with Gasteiger partial charge in [0.1, 0.15) is 18.4 Å². The zero-order valence-electron chi connectivity index (χ0n) is 27.1. The molecule has 3 rings (SSSR count). The van der Waals surface area contributed by atoms with Crippen molar-refractivity contribution in [1.29, 1.82) is 0 Å². The van der Waals surface area contributed by atoms with Crippen LogP contribution in [0, 0.1) is 0 Å². The summed E-state index contributed by atoms with van der Waals surface area (Å²) in [7, 11) is -3.73. The highest BCUT2D eigenvalue weighted by molar-refractivity contribution is 7.89. The van der Waals surface area contributed by atoms with E-state index in [-0.39, 0.29) is 22.8 Å². The molecule has 13 nitrogen and oxygen atoms in total. The molecule has 256 valence electrons. The molecule has 0 saturated carbocycles. The predicted octanol–water partition coefficient (Wildman–Crippen LogP) is 1.57. The molecule has 0 unspecified atom stereocenters. The van der Waals surface area contributed by atoms with Crippen molar-refractivity contribution in [3.63, 3.8) is 0 Å². The highest BCUT2D eigenvalue weighted by Crippen LogP contribution is 2.21. The van der Waals surface area contributed by atoms with Crippen LogP contribution < -0.4 is 22.1 Å². The van der Waals surface area contributed by atoms with Crippen LogP contribution in [-0.4, -0.2) is 91.9 Å². The first kappa shape index (κ1) is 37.2. The minimum atomic E-state index is -3.73. The molecule has 0 aliphatic carbocycles. The molecule has 2 aromatic rings. The van der Waals surface area contributed by atoms with Crippen molar-refractivity contribution in [1.82, 2.24) is 19.8 Å². The van der Waals surface area contributed by atoms with Crippen LogP contribution in [0.25, 0.3) is 0 Å². The minimum Gasteiger partial charge on any atom is -0.370 e. The zero-order chi connectivity index (χ0) is 34.4. The molecule has 14 heteroatoms. The average molecular weight is 670 g/mol. The van der Waals surface area contributed by atoms with E-state index >= 15 is 0 Å². The number of guanidine groups is 1. The normalized spacial score (nSPS) is 15.9. The largest absolute Gasteiger partial charge is 0.370 e. The van der Waals surface area contributed by atoms with Crippen LogP contribution >= 0.6 is 0 Å². The third-order valence-electron chi connectivity index (χ3n) is 7.88. The van der Waals surface area contributed by atoms with Crippen LogP contribution in [0.15, 0.2) is 64.5 Å². The highest BCUT2D eigenvalue weighted by Gasteiger charge is 2.38. The van der Waals surface area contributed by atoms with E-state index in [1.807, 2.05) is 44.2 Å². The molecule has 1 saturated heterocycles. The Morgan fingerprint density at radius 3 is 2.28 bits per heavy atom. The van der Waals surface area contributed by atoms with Crippen LogP contribution in [0.4, 0.5) is 0 Å². The number of aliphatic imine (C=N–C) groups is 1. The smallest absolute Gasteiger partial charge is 0.251 e. The van der Waals surface area contributed by atoms with Crippen molar-refractivity contribution in [3.05, 3.63) is 65.7 Å². The number of carbonyl (C=O) groups is 4. The molecule has 1 heterocycles. The van der Waals surface area contributed by atoms with Crippen LogP contribution in [0.2, 0.25) is 0 Å². The fraction of sp³-hybridized carbons (Fsp3) is 0.485. The van der Waals surface area contributed by atoms with Gasteiger partial charge in [-0.3, -0.25) is 19.4 Å². The van der Waals surface area contributed by atoms with Crippen molar-refractivity contribution in [3.8, 4) is 0 Å². The van der Waals surface area contributed by atoms with Gasteiger partial charge >= 0.3 is 0 Å². The van der Waals surface area contributed by atoms with E-state index in [0.717, 1.165) is 5.56 Å². The molecule has 1 aliphatic heterocycles. The van der Waals surface area contributed by atoms with Gasteiger partial charge in [0, 0.05) is 38.2 Å². The average Bonchev–Trinajstić information content (AvgIpc) is 3.56. The number of carbonyl (C=O) groups excluding carboxylic acids is 4. The summed E-state index contributed by atoms with van der Waals surface area (Å²) >= 11 is 0. The number of aldehydes is 1. The Hall–Kier alpha value is -4.30. The van der Waals surface area contributed by atoms with Gasteiger partial charge in [0.15, 0.2) is 5.96 Å². The molecule has 3 atom stereocenters. The number of benzene rings is 2. The number of nitrogens with one attached hydrogen (secondary N) is 2. The molecule has 47 heavy (non-hydrogen) atoms. The first-order valence-electron chi connectivity index (χ1n) is 16.1. The third kappa shape index (κ3) is 10.6. The van der Waals surface area contributed by atoms with E-state index in [9.17, 15) is 27.6 Å². The first-order valence-corrected chi connectivity index (χ1v) is 17.5. The van der Waals surface area contributed by atoms with Crippen LogP contribution in [0.3, 0.4) is 0 Å². The Balaban J connectivity index is 1.77. The molecule has 2 aromatic carbocycles. The fourth-order valence-corrected chi connectivity index (χ4v) is 7.17. The Morgan fingerprint density at radius 1 is 1.02 bits per heavy atom. The van der Waals surface area contributed by atoms with E-state index in [0.29, 0.717) is 71.0 Å². The number of hydrogen-bond acceptors (Lipinski definition) is 7. The fourth-order valence-electron chi connectivity index (χ4n) is 5.55. The van der Waals surface area contributed by atoms with E-state index in [1.54, 1.807) is 0 Å². The van der Waals surface area contributed by atoms with Gasteiger partial charge < -0.3 is 31.8 Å². The molecule has 1 fully saturated rings. The van der Waals surface area contributed by atoms with Gasteiger partial charge in [-0.15, -0.1) is 0 Å². The molecule has 0 radical (unpaired) electrons. The molecule has 3 amide bonds. The van der Waals surface area contributed by atoms with Gasteiger partial charge in [-0.05, 0) is 68.4 Å². The standard InChI is InChI=1S/C33H47N7O6S/c1-3-19-39(20-4-2)47(45,46)27-16-14-25(15-17-27)30(42)38-28(22-24-10-6-5-7-11-24)32(44)40-21-9-13-29(40)31(43)37-26(23-41)12-8-18-36-33(34)35/h5-7,10-11,14-17,23,26,28-29H,3-4,8-9,12-13,18-22H2,1-2H3,(H,37,43)(H,38,42)(H4,34,35,36)/t26-,28+,29-/m0/s1. The molecular formula is C33H47N7O6S. The lowest BCUT2D eigenvalue weighted by Gasteiger charge is -2.29. The van der Waals surface area contributed by atoms with Gasteiger partial charge in [0.05, 0.1) is 10.9 Å². The van der Waals surface area contributed by atoms with Crippen molar-refractivity contribution in [2.45, 2.75) is 81.8 Å². The molecular weight excluding hydrogens is 622 g/mol. The lowest BCUT2D eigenvalue weighted by molar-refractivity contribution is -0.140. The van der Waals surface area contributed by atoms with E-state index in [4.69, 9.17) is 11.5 Å². The molecule has 0 spiro atoms. The maximum atomic E-state index is 14.0. The van der Waals surface area contributed by atoms with Gasteiger partial charge in [-0.25, -0.2) is 8.42 Å². The number of rotatable bonds is 18. The lowest BCUT2D eigenvalue weighted by Crippen LogP contribution is -2.55. The first-order chi connectivity index (χ1) is 22.5. The molecule has 0 aromatic heterocycles. The summed E-state index contributed by atoms with van der Waals surface area (Å²) in [5.74, 6) is -1.48. The van der Waals surface area contributed by atoms with Crippen molar-refractivity contribution < 1.29 is 27.6 Å². The van der Waals surface area contributed by atoms with Gasteiger partial charge in [0.2, 0.25) is 21.8 Å². The van der Waals surface area contributed by atoms with Crippen LogP contribution in [0.5, 0.6) is 0 Å². The Kier molecular flexibility index (Phi) is 14.3. The summed E-state index contributed by atoms with van der Waals surface area (Å²) in [5, 5.41) is 5.55. The van der Waals surface area contributed by atoms with E-state index in [1.165, 1.54) is 33.5 Å². The summed E-state index contributed by atoms with van der Waals surface area (Å²) in [6.07, 6.45) is 3.96. The number of nitrogens with two attached hydrogens (primary N) is 2. The van der Waals surface area contributed by atoms with E-state index in [2.05, 4.69) is 15.6 Å². The predicted molar refractivity (Wildman–Crippen MR) is 180 cm³/mol. The summed E-state index contributed by atoms with van der Waals surface area (Å²) in [4.78, 5) is 57.8. The lowest BCUT2D eigenvalue weighted by atomic mass is 10.0. The van der Waals surface area contributed by atoms with Crippen molar-refractivity contribution >= 4 is 40.0 Å². The van der Waals surface area contributed by atoms with Gasteiger partial charge in [-0.1, -0.05) is 44.2 Å². The third-order valence-corrected chi connectivity index (χ3v) is 9.80. The summed E-state index contributed by atoms with van der Waals surface area (Å²) < 4.78 is 27.8. The maximum absolute atomic E-state index is 14.0. The Morgan fingerprint density at radius 2 is 1.68 bits per heavy atom. The number of likely N-dealkylation sites (tertiary alicyclic amines) is 1. The summed E-state index contributed by atoms with van der Waals surface area (Å²) in [6, 6.07) is 12.3. The number of sulfonamides is 1. The second-order valence-corrected chi connectivity index (χ2v) is 13.5. The SMILES string of the molecule is CCCN(CCC)S(=O)(=O)c1ccc(C(=O)N[C@H](Cc2ccccc2)C(=O)N2CCC[C@H]2C(=O)N[C@H](C=O)CCCN=C(N)N)cc1. The minimum absolute atomic E-state index is 0.0555. The van der Waals surface area contributed by atoms with Crippen molar-refractivity contribution in [2.75, 3.05) is 26.2 Å². The molecule has 6 N–H and O–H groups in total. The van der Waals surface area contributed by atoms with Crippen LogP contribution in [-0.2, 0) is 30.8 Å². The number of hydrogen-bond donors (Lipinski definition) is 4. The zero-order valence-corrected chi connectivity index (χ0v) is 28.0. The second kappa shape index (κ2) is 18.1. The van der Waals surface area contributed by atoms with Crippen LogP contribution in [0.1, 0.15) is 68.3 Å². The molecule has 0 bridgehead atoms. The Labute approximate surface area is 277 Å². The highest BCUT2D eigenvalue weighted by atomic mass is 32.2. The molecule has 1 aliphatic rings. The topological polar surface area (TPSA) is 197 Å². The van der Waals surface area contributed by atoms with Gasteiger partial charge in [-0.2, -0.15) is 4.31 Å². The van der Waals surface area contributed by atoms with Crippen molar-refractivity contribution in [2.24, 2.45) is 16.5 Å². The summed E-state index contributed by atoms with van der Waals surface area (Å²) in [6.45, 7) is 5.24. The second-order valence-electron chi connectivity index (χ2n) is 11.5. The number of amides is 3. The maximum Gasteiger partial charge on any atom is 0.251 e. The summed E-state index contributed by atoms with van der Waals surface area (Å²) in [5.41, 5.74) is 11.7. The van der Waals surface area contributed by atoms with E-state index < -0.39 is 45.9 Å². The monoisotopic (exact) mass is 669 g/mol. The number of nitrogens with zero attached hydrogens (tertiary/aromatic N) is 3.